The third-order valence-electron chi connectivity index (χ3n) is 4.80. The summed E-state index contributed by atoms with van der Waals surface area (Å²) < 4.78 is 27.2. The number of benzene rings is 2. The first-order valence-electron chi connectivity index (χ1n) is 9.19. The zero-order valence-corrected chi connectivity index (χ0v) is 15.4. The number of hydrogen-bond acceptors (Lipinski definition) is 4. The zero-order valence-electron chi connectivity index (χ0n) is 15.4. The molecule has 0 bridgehead atoms. The second kappa shape index (κ2) is 9.41. The number of carboxylic acids is 1. The van der Waals surface area contributed by atoms with E-state index in [1.54, 1.807) is 24.3 Å². The Hall–Kier alpha value is -2.80. The third-order valence-corrected chi connectivity index (χ3v) is 4.80. The number of oxime groups is 1. The van der Waals surface area contributed by atoms with Crippen molar-refractivity contribution in [3.05, 3.63) is 59.7 Å². The number of aliphatic carboxylic acids is 1. The fourth-order valence-electron chi connectivity index (χ4n) is 3.34. The molecule has 1 aliphatic rings. The van der Waals surface area contributed by atoms with Crippen LogP contribution in [0.2, 0.25) is 0 Å². The van der Waals surface area contributed by atoms with E-state index < -0.39 is 17.6 Å². The van der Waals surface area contributed by atoms with E-state index in [1.165, 1.54) is 18.3 Å². The molecular weight excluding hydrogens is 366 g/mol. The lowest BCUT2D eigenvalue weighted by atomic mass is 9.98. The van der Waals surface area contributed by atoms with Crippen LogP contribution < -0.4 is 0 Å². The van der Waals surface area contributed by atoms with Crippen molar-refractivity contribution in [3.63, 3.8) is 0 Å². The van der Waals surface area contributed by atoms with Crippen molar-refractivity contribution < 1.29 is 23.5 Å². The Morgan fingerprint density at radius 1 is 1.25 bits per heavy atom. The quantitative estimate of drug-likeness (QED) is 0.446. The van der Waals surface area contributed by atoms with Crippen LogP contribution in [-0.4, -0.2) is 48.4 Å². The third kappa shape index (κ3) is 5.13. The zero-order chi connectivity index (χ0) is 19.9. The number of carboxylic acid groups (broad SMARTS) is 1. The van der Waals surface area contributed by atoms with Crippen LogP contribution in [0, 0.1) is 17.6 Å². The van der Waals surface area contributed by atoms with E-state index in [2.05, 4.69) is 10.1 Å². The van der Waals surface area contributed by atoms with Crippen molar-refractivity contribution in [1.29, 1.82) is 0 Å². The lowest BCUT2D eigenvalue weighted by molar-refractivity contribution is -0.143. The van der Waals surface area contributed by atoms with Gasteiger partial charge < -0.3 is 9.94 Å². The van der Waals surface area contributed by atoms with Crippen LogP contribution in [0.15, 0.2) is 47.6 Å². The molecule has 1 aliphatic heterocycles. The summed E-state index contributed by atoms with van der Waals surface area (Å²) in [5, 5.41) is 13.1. The van der Waals surface area contributed by atoms with Crippen LogP contribution in [0.1, 0.15) is 18.4 Å². The van der Waals surface area contributed by atoms with Gasteiger partial charge in [0.1, 0.15) is 18.2 Å². The van der Waals surface area contributed by atoms with Gasteiger partial charge >= 0.3 is 5.97 Å². The number of nitrogens with zero attached hydrogens (tertiary/aromatic N) is 2. The maximum Gasteiger partial charge on any atom is 0.307 e. The Kier molecular flexibility index (Phi) is 6.71. The first-order chi connectivity index (χ1) is 13.5. The minimum atomic E-state index is -0.756. The van der Waals surface area contributed by atoms with Gasteiger partial charge in [-0.3, -0.25) is 9.69 Å². The topological polar surface area (TPSA) is 62.1 Å². The summed E-state index contributed by atoms with van der Waals surface area (Å²) in [6.07, 6.45) is 3.06. The summed E-state index contributed by atoms with van der Waals surface area (Å²) in [5.41, 5.74) is 1.53. The molecule has 0 saturated carbocycles. The number of hydrogen-bond donors (Lipinski definition) is 1. The summed E-state index contributed by atoms with van der Waals surface area (Å²) in [6, 6.07) is 10.5. The highest BCUT2D eigenvalue weighted by atomic mass is 19.1. The van der Waals surface area contributed by atoms with Gasteiger partial charge in [0.25, 0.3) is 0 Å². The predicted molar refractivity (Wildman–Crippen MR) is 102 cm³/mol. The number of halogens is 2. The molecule has 5 nitrogen and oxygen atoms in total. The first-order valence-corrected chi connectivity index (χ1v) is 9.19. The van der Waals surface area contributed by atoms with E-state index in [-0.39, 0.29) is 11.5 Å². The molecule has 1 atom stereocenters. The standard InChI is InChI=1S/C21H22F2N2O3/c22-17-7-8-19(20(23)12-17)18-6-2-1-4-15(18)13-24-28-11-10-25-9-3-5-16(14-25)21(26)27/h1-2,4,6-8,12-13,16H,3,5,9-11,14H2,(H,26,27). The van der Waals surface area contributed by atoms with Gasteiger partial charge in [-0.2, -0.15) is 0 Å². The molecule has 1 fully saturated rings. The summed E-state index contributed by atoms with van der Waals surface area (Å²) in [5.74, 6) is -2.35. The molecular formula is C21H22F2N2O3. The Morgan fingerprint density at radius 3 is 2.86 bits per heavy atom. The van der Waals surface area contributed by atoms with Gasteiger partial charge in [0.2, 0.25) is 0 Å². The van der Waals surface area contributed by atoms with Gasteiger partial charge in [0, 0.05) is 30.3 Å². The van der Waals surface area contributed by atoms with E-state index >= 15 is 0 Å². The van der Waals surface area contributed by atoms with Gasteiger partial charge in [0.05, 0.1) is 12.1 Å². The van der Waals surface area contributed by atoms with Crippen LogP contribution in [0.4, 0.5) is 8.78 Å². The Bertz CT molecular complexity index is 857. The average molecular weight is 388 g/mol. The maximum atomic E-state index is 14.1. The van der Waals surface area contributed by atoms with Crippen LogP contribution in [0.3, 0.4) is 0 Å². The second-order valence-corrected chi connectivity index (χ2v) is 6.76. The van der Waals surface area contributed by atoms with E-state index in [9.17, 15) is 13.6 Å². The lowest BCUT2D eigenvalue weighted by Crippen LogP contribution is -2.40. The van der Waals surface area contributed by atoms with Crippen molar-refractivity contribution >= 4 is 12.2 Å². The van der Waals surface area contributed by atoms with E-state index in [4.69, 9.17) is 9.94 Å². The molecule has 0 amide bonds. The van der Waals surface area contributed by atoms with Gasteiger partial charge in [-0.25, -0.2) is 8.78 Å². The molecule has 0 aromatic heterocycles. The van der Waals surface area contributed by atoms with E-state index in [0.29, 0.717) is 37.2 Å². The van der Waals surface area contributed by atoms with Crippen molar-refractivity contribution in [2.24, 2.45) is 11.1 Å². The highest BCUT2D eigenvalue weighted by molar-refractivity contribution is 5.90. The Morgan fingerprint density at radius 2 is 2.07 bits per heavy atom. The highest BCUT2D eigenvalue weighted by Gasteiger charge is 2.24. The van der Waals surface area contributed by atoms with Crippen LogP contribution >= 0.6 is 0 Å². The summed E-state index contributed by atoms with van der Waals surface area (Å²) in [6.45, 7) is 2.30. The molecule has 1 heterocycles. The molecule has 1 unspecified atom stereocenters. The number of likely N-dealkylation sites (tertiary alicyclic amines) is 1. The van der Waals surface area contributed by atoms with Crippen LogP contribution in [-0.2, 0) is 9.63 Å². The Balaban J connectivity index is 1.57. The van der Waals surface area contributed by atoms with Crippen LogP contribution in [0.25, 0.3) is 11.1 Å². The smallest absolute Gasteiger partial charge is 0.307 e. The number of piperidine rings is 1. The minimum absolute atomic E-state index is 0.288. The predicted octanol–water partition coefficient (Wildman–Crippen LogP) is 3.78. The molecule has 0 radical (unpaired) electrons. The molecule has 0 spiro atoms. The molecule has 2 aromatic rings. The largest absolute Gasteiger partial charge is 0.481 e. The summed E-state index contributed by atoms with van der Waals surface area (Å²) in [4.78, 5) is 18.5. The SMILES string of the molecule is O=C(O)C1CCCN(CCON=Cc2ccccc2-c2ccc(F)cc2F)C1. The summed E-state index contributed by atoms with van der Waals surface area (Å²) in [7, 11) is 0. The van der Waals surface area contributed by atoms with Crippen molar-refractivity contribution in [3.8, 4) is 11.1 Å². The van der Waals surface area contributed by atoms with E-state index in [1.807, 2.05) is 0 Å². The van der Waals surface area contributed by atoms with Gasteiger partial charge in [0.15, 0.2) is 0 Å². The Labute approximate surface area is 162 Å². The molecule has 1 saturated heterocycles. The van der Waals surface area contributed by atoms with Crippen molar-refractivity contribution in [2.75, 3.05) is 26.2 Å². The normalized spacial score (nSPS) is 17.7. The molecule has 148 valence electrons. The lowest BCUT2D eigenvalue weighted by Gasteiger charge is -2.29. The van der Waals surface area contributed by atoms with Crippen molar-refractivity contribution in [1.82, 2.24) is 4.90 Å². The fourth-order valence-corrected chi connectivity index (χ4v) is 3.34. The maximum absolute atomic E-state index is 14.1. The number of rotatable bonds is 7. The van der Waals surface area contributed by atoms with Gasteiger partial charge in [-0.05, 0) is 37.1 Å². The summed E-state index contributed by atoms with van der Waals surface area (Å²) >= 11 is 0. The van der Waals surface area contributed by atoms with Crippen molar-refractivity contribution in [2.45, 2.75) is 12.8 Å². The molecule has 2 aromatic carbocycles. The average Bonchev–Trinajstić information content (AvgIpc) is 2.68. The minimum Gasteiger partial charge on any atom is -0.481 e. The second-order valence-electron chi connectivity index (χ2n) is 6.76. The number of carbonyl (C=O) groups is 1. The highest BCUT2D eigenvalue weighted by Crippen LogP contribution is 2.26. The molecule has 3 rings (SSSR count). The van der Waals surface area contributed by atoms with E-state index in [0.717, 1.165) is 19.0 Å². The molecule has 28 heavy (non-hydrogen) atoms. The molecule has 7 heteroatoms. The first kappa shape index (κ1) is 19.9. The molecule has 0 aliphatic carbocycles. The van der Waals surface area contributed by atoms with Crippen LogP contribution in [0.5, 0.6) is 0 Å². The van der Waals surface area contributed by atoms with Gasteiger partial charge in [-0.15, -0.1) is 0 Å². The monoisotopic (exact) mass is 388 g/mol. The molecule has 1 N–H and O–H groups in total. The fraction of sp³-hybridized carbons (Fsp3) is 0.333. The van der Waals surface area contributed by atoms with Gasteiger partial charge in [-0.1, -0.05) is 29.4 Å².